The van der Waals surface area contributed by atoms with E-state index in [1.807, 2.05) is 12.1 Å². The third-order valence-corrected chi connectivity index (χ3v) is 4.63. The fraction of sp³-hybridized carbons (Fsp3) is 0.474. The summed E-state index contributed by atoms with van der Waals surface area (Å²) in [5.74, 6) is 1.19. The zero-order chi connectivity index (χ0) is 19.4. The van der Waals surface area contributed by atoms with Gasteiger partial charge in [-0.2, -0.15) is 0 Å². The number of carbonyl (C=O) groups is 2. The van der Waals surface area contributed by atoms with E-state index < -0.39 is 0 Å². The van der Waals surface area contributed by atoms with Crippen LogP contribution in [0.4, 0.5) is 5.82 Å². The first-order valence-corrected chi connectivity index (χ1v) is 9.05. The number of amides is 2. The van der Waals surface area contributed by atoms with Gasteiger partial charge >= 0.3 is 0 Å². The number of piperidine rings is 1. The molecule has 1 N–H and O–H groups in total. The van der Waals surface area contributed by atoms with Crippen molar-refractivity contribution in [3.05, 3.63) is 41.4 Å². The number of rotatable bonds is 5. The Morgan fingerprint density at radius 1 is 1.37 bits per heavy atom. The molecule has 27 heavy (non-hydrogen) atoms. The first-order chi connectivity index (χ1) is 12.9. The van der Waals surface area contributed by atoms with Crippen molar-refractivity contribution in [2.24, 2.45) is 0 Å². The van der Waals surface area contributed by atoms with Crippen molar-refractivity contribution in [1.29, 1.82) is 0 Å². The van der Waals surface area contributed by atoms with E-state index in [9.17, 15) is 9.59 Å². The van der Waals surface area contributed by atoms with Crippen molar-refractivity contribution in [2.75, 3.05) is 39.0 Å². The molecule has 1 unspecified atom stereocenters. The molecule has 0 spiro atoms. The zero-order valence-electron chi connectivity index (χ0n) is 15.9. The highest BCUT2D eigenvalue weighted by Gasteiger charge is 2.24. The van der Waals surface area contributed by atoms with Gasteiger partial charge in [0.15, 0.2) is 5.82 Å². The average Bonchev–Trinajstić information content (AvgIpc) is 3.06. The van der Waals surface area contributed by atoms with Crippen LogP contribution >= 0.6 is 0 Å². The highest BCUT2D eigenvalue weighted by molar-refractivity contribution is 5.93. The van der Waals surface area contributed by atoms with E-state index in [-0.39, 0.29) is 17.7 Å². The van der Waals surface area contributed by atoms with Gasteiger partial charge in [-0.1, -0.05) is 5.16 Å². The number of nitrogens with zero attached hydrogens (tertiary/aromatic N) is 4. The molecular formula is C19H25N5O3. The molecule has 3 rings (SSSR count). The van der Waals surface area contributed by atoms with Gasteiger partial charge in [0, 0.05) is 44.5 Å². The van der Waals surface area contributed by atoms with E-state index in [1.165, 1.54) is 4.90 Å². The number of hydrogen-bond acceptors (Lipinski definition) is 6. The molecule has 1 atom stereocenters. The number of likely N-dealkylation sites (tertiary alicyclic amines) is 1. The lowest BCUT2D eigenvalue weighted by molar-refractivity contribution is -0.117. The van der Waals surface area contributed by atoms with Gasteiger partial charge in [0.2, 0.25) is 5.91 Å². The maximum absolute atomic E-state index is 12.2. The highest BCUT2D eigenvalue weighted by Crippen LogP contribution is 2.25. The monoisotopic (exact) mass is 371 g/mol. The van der Waals surface area contributed by atoms with E-state index in [0.29, 0.717) is 23.7 Å². The summed E-state index contributed by atoms with van der Waals surface area (Å²) >= 11 is 0. The van der Waals surface area contributed by atoms with Gasteiger partial charge in [0.05, 0.1) is 12.1 Å². The second-order valence-electron chi connectivity index (χ2n) is 7.12. The largest absolute Gasteiger partial charge is 0.360 e. The predicted molar refractivity (Wildman–Crippen MR) is 101 cm³/mol. The lowest BCUT2D eigenvalue weighted by Crippen LogP contribution is -2.40. The molecule has 0 aliphatic carbocycles. The van der Waals surface area contributed by atoms with Gasteiger partial charge in [-0.15, -0.1) is 0 Å². The average molecular weight is 371 g/mol. The number of nitrogens with one attached hydrogen (secondary N) is 1. The molecule has 1 fully saturated rings. The molecule has 0 bridgehead atoms. The fourth-order valence-electron chi connectivity index (χ4n) is 3.28. The molecular weight excluding hydrogens is 346 g/mol. The van der Waals surface area contributed by atoms with E-state index in [0.717, 1.165) is 31.6 Å². The molecule has 0 aromatic carbocycles. The normalized spacial score (nSPS) is 17.5. The number of aromatic nitrogens is 2. The van der Waals surface area contributed by atoms with Crippen LogP contribution in [0.2, 0.25) is 0 Å². The maximum atomic E-state index is 12.2. The summed E-state index contributed by atoms with van der Waals surface area (Å²) in [6.07, 6.45) is 3.66. The lowest BCUT2D eigenvalue weighted by atomic mass is 9.94. The molecule has 2 aromatic rings. The minimum Gasteiger partial charge on any atom is -0.360 e. The molecule has 8 nitrogen and oxygen atoms in total. The van der Waals surface area contributed by atoms with Crippen molar-refractivity contribution < 1.29 is 14.1 Å². The summed E-state index contributed by atoms with van der Waals surface area (Å²) < 4.78 is 4.96. The topological polar surface area (TPSA) is 91.6 Å². The summed E-state index contributed by atoms with van der Waals surface area (Å²) in [5, 5.41) is 6.53. The van der Waals surface area contributed by atoms with E-state index in [2.05, 4.69) is 20.4 Å². The Morgan fingerprint density at radius 2 is 2.19 bits per heavy atom. The van der Waals surface area contributed by atoms with Crippen LogP contribution in [0, 0.1) is 6.92 Å². The molecule has 2 amide bonds. The van der Waals surface area contributed by atoms with E-state index in [4.69, 9.17) is 4.52 Å². The molecule has 0 saturated carbocycles. The van der Waals surface area contributed by atoms with Crippen LogP contribution in [0.3, 0.4) is 0 Å². The number of pyridine rings is 1. The van der Waals surface area contributed by atoms with Crippen molar-refractivity contribution in [2.45, 2.75) is 25.7 Å². The van der Waals surface area contributed by atoms with Crippen LogP contribution in [-0.2, 0) is 4.79 Å². The summed E-state index contributed by atoms with van der Waals surface area (Å²) in [4.78, 5) is 32.4. The summed E-state index contributed by atoms with van der Waals surface area (Å²) in [6.45, 7) is 3.72. The minimum absolute atomic E-state index is 0.0564. The van der Waals surface area contributed by atoms with Gasteiger partial charge < -0.3 is 14.7 Å². The van der Waals surface area contributed by atoms with Gasteiger partial charge in [0.25, 0.3) is 5.91 Å². The Bertz CT molecular complexity index is 800. The molecule has 1 aliphatic rings. The Balaban J connectivity index is 1.57. The van der Waals surface area contributed by atoms with Crippen LogP contribution in [0.25, 0.3) is 0 Å². The second-order valence-corrected chi connectivity index (χ2v) is 7.12. The highest BCUT2D eigenvalue weighted by atomic mass is 16.5. The third-order valence-electron chi connectivity index (χ3n) is 4.63. The molecule has 1 aliphatic heterocycles. The van der Waals surface area contributed by atoms with Crippen LogP contribution in [0.15, 0.2) is 28.9 Å². The van der Waals surface area contributed by atoms with Crippen molar-refractivity contribution in [1.82, 2.24) is 19.9 Å². The third kappa shape index (κ3) is 4.91. The fourth-order valence-corrected chi connectivity index (χ4v) is 3.28. The summed E-state index contributed by atoms with van der Waals surface area (Å²) in [5.41, 5.74) is 1.54. The van der Waals surface area contributed by atoms with Crippen LogP contribution in [-0.4, -0.2) is 65.5 Å². The van der Waals surface area contributed by atoms with Crippen molar-refractivity contribution in [3.8, 4) is 0 Å². The van der Waals surface area contributed by atoms with Crippen LogP contribution < -0.4 is 5.32 Å². The van der Waals surface area contributed by atoms with Gasteiger partial charge in [-0.25, -0.2) is 0 Å². The second kappa shape index (κ2) is 8.30. The van der Waals surface area contributed by atoms with Crippen molar-refractivity contribution in [3.63, 3.8) is 0 Å². The van der Waals surface area contributed by atoms with E-state index in [1.54, 1.807) is 33.3 Å². The number of hydrogen-bond donors (Lipinski definition) is 1. The number of anilines is 1. The quantitative estimate of drug-likeness (QED) is 0.863. The first kappa shape index (κ1) is 19.0. The molecule has 8 heteroatoms. The first-order valence-electron chi connectivity index (χ1n) is 9.05. The van der Waals surface area contributed by atoms with Crippen LogP contribution in [0.5, 0.6) is 0 Å². The molecule has 0 radical (unpaired) electrons. The smallest absolute Gasteiger partial charge is 0.254 e. The summed E-state index contributed by atoms with van der Waals surface area (Å²) in [7, 11) is 3.45. The Labute approximate surface area is 158 Å². The lowest BCUT2D eigenvalue weighted by Gasteiger charge is -2.31. The maximum Gasteiger partial charge on any atom is 0.254 e. The Kier molecular flexibility index (Phi) is 5.85. The van der Waals surface area contributed by atoms with Gasteiger partial charge in [-0.3, -0.25) is 19.5 Å². The van der Waals surface area contributed by atoms with Crippen molar-refractivity contribution >= 4 is 17.6 Å². The molecule has 3 heterocycles. The Hall–Kier alpha value is -2.74. The standard InChI is InChI=1S/C19H25N5O3/c1-13-9-17(22-27-13)21-18(25)12-24-8-4-5-15(11-24)16-7-6-14(10-20-16)19(26)23(2)3/h6-7,9-10,15H,4-5,8,11-12H2,1-3H3,(H,21,22,25). The minimum atomic E-state index is -0.108. The van der Waals surface area contributed by atoms with Gasteiger partial charge in [-0.05, 0) is 38.4 Å². The molecule has 144 valence electrons. The molecule has 1 saturated heterocycles. The predicted octanol–water partition coefficient (Wildman–Crippen LogP) is 1.90. The zero-order valence-corrected chi connectivity index (χ0v) is 15.9. The molecule has 2 aromatic heterocycles. The summed E-state index contributed by atoms with van der Waals surface area (Å²) in [6, 6.07) is 5.43. The SMILES string of the molecule is Cc1cc(NC(=O)CN2CCCC(c3ccc(C(=O)N(C)C)cn3)C2)no1. The Morgan fingerprint density at radius 3 is 2.81 bits per heavy atom. The van der Waals surface area contributed by atoms with Gasteiger partial charge in [0.1, 0.15) is 5.76 Å². The van der Waals surface area contributed by atoms with E-state index >= 15 is 0 Å². The van der Waals surface area contributed by atoms with Crippen LogP contribution in [0.1, 0.15) is 40.6 Å². The number of carbonyl (C=O) groups excluding carboxylic acids is 2. The number of aryl methyl sites for hydroxylation is 1.